The number of benzene rings is 1. The second-order valence-corrected chi connectivity index (χ2v) is 5.36. The molecule has 0 spiro atoms. The van der Waals surface area contributed by atoms with Gasteiger partial charge in [0.2, 0.25) is 0 Å². The van der Waals surface area contributed by atoms with Crippen LogP contribution in [0, 0.1) is 0 Å². The average molecular weight is 330 g/mol. The number of halogens is 2. The van der Waals surface area contributed by atoms with Crippen LogP contribution in [0.1, 0.15) is 24.2 Å². The second-order valence-electron chi connectivity index (χ2n) is 4.10. The summed E-state index contributed by atoms with van der Waals surface area (Å²) in [6.45, 7) is 2.87. The second kappa shape index (κ2) is 5.87. The van der Waals surface area contributed by atoms with Gasteiger partial charge in [-0.2, -0.15) is 5.10 Å². The van der Waals surface area contributed by atoms with E-state index in [4.69, 9.17) is 11.6 Å². The van der Waals surface area contributed by atoms with E-state index in [1.54, 1.807) is 12.3 Å². The van der Waals surface area contributed by atoms with Crippen LogP contribution in [0.5, 0.6) is 0 Å². The smallest absolute Gasteiger partial charge is 0.0831 e. The predicted octanol–water partition coefficient (Wildman–Crippen LogP) is 3.60. The first-order valence-electron chi connectivity index (χ1n) is 5.74. The molecule has 0 saturated carbocycles. The normalized spacial score (nSPS) is 12.7. The Balaban J connectivity index is 2.11. The van der Waals surface area contributed by atoms with E-state index in [2.05, 4.69) is 21.0 Å². The Hall–Kier alpha value is -0.840. The Morgan fingerprint density at radius 2 is 2.28 bits per heavy atom. The van der Waals surface area contributed by atoms with Crippen LogP contribution in [-0.4, -0.2) is 14.9 Å². The highest BCUT2D eigenvalue weighted by Crippen LogP contribution is 2.27. The van der Waals surface area contributed by atoms with Crippen LogP contribution in [-0.2, 0) is 13.0 Å². The standard InChI is InChI=1S/C13H14BrClN2O/c1-2-17-8-9(7-16-17)5-13(18)10-3-4-12(15)11(14)6-10/h3-4,6-8,13,18H,2,5H2,1H3. The molecular formula is C13H14BrClN2O. The lowest BCUT2D eigenvalue weighted by Crippen LogP contribution is -2.01. The van der Waals surface area contributed by atoms with Crippen LogP contribution in [0.4, 0.5) is 0 Å². The molecule has 2 rings (SSSR count). The summed E-state index contributed by atoms with van der Waals surface area (Å²) >= 11 is 9.28. The minimum absolute atomic E-state index is 0.548. The topological polar surface area (TPSA) is 38.0 Å². The Bertz CT molecular complexity index is 542. The number of hydrogen-bond donors (Lipinski definition) is 1. The SMILES string of the molecule is CCn1cc(CC(O)c2ccc(Cl)c(Br)c2)cn1. The van der Waals surface area contributed by atoms with Crippen molar-refractivity contribution in [3.8, 4) is 0 Å². The first kappa shape index (κ1) is 13.6. The van der Waals surface area contributed by atoms with Crippen molar-refractivity contribution in [2.24, 2.45) is 0 Å². The van der Waals surface area contributed by atoms with Crippen molar-refractivity contribution in [3.05, 3.63) is 51.2 Å². The van der Waals surface area contributed by atoms with E-state index in [1.807, 2.05) is 29.9 Å². The van der Waals surface area contributed by atoms with Crippen molar-refractivity contribution >= 4 is 27.5 Å². The molecule has 0 aliphatic heterocycles. The van der Waals surface area contributed by atoms with Gasteiger partial charge in [-0.05, 0) is 46.1 Å². The monoisotopic (exact) mass is 328 g/mol. The minimum atomic E-state index is -0.548. The predicted molar refractivity (Wildman–Crippen MR) is 75.7 cm³/mol. The van der Waals surface area contributed by atoms with Gasteiger partial charge in [-0.3, -0.25) is 4.68 Å². The van der Waals surface area contributed by atoms with Crippen LogP contribution in [0.25, 0.3) is 0 Å². The van der Waals surface area contributed by atoms with Crippen LogP contribution >= 0.6 is 27.5 Å². The van der Waals surface area contributed by atoms with Crippen LogP contribution in [0.15, 0.2) is 35.1 Å². The van der Waals surface area contributed by atoms with E-state index in [-0.39, 0.29) is 0 Å². The maximum absolute atomic E-state index is 10.2. The van der Waals surface area contributed by atoms with Gasteiger partial charge >= 0.3 is 0 Å². The molecule has 96 valence electrons. The molecule has 0 fully saturated rings. The summed E-state index contributed by atoms with van der Waals surface area (Å²) in [5, 5.41) is 15.0. The summed E-state index contributed by atoms with van der Waals surface area (Å²) in [6.07, 6.45) is 3.74. The van der Waals surface area contributed by atoms with E-state index in [9.17, 15) is 5.11 Å². The van der Waals surface area contributed by atoms with E-state index < -0.39 is 6.10 Å². The molecule has 18 heavy (non-hydrogen) atoms. The Labute approximate surface area is 120 Å². The number of hydrogen-bond acceptors (Lipinski definition) is 2. The van der Waals surface area contributed by atoms with E-state index >= 15 is 0 Å². The number of aromatic nitrogens is 2. The third-order valence-corrected chi connectivity index (χ3v) is 3.98. The van der Waals surface area contributed by atoms with E-state index in [0.717, 1.165) is 22.1 Å². The van der Waals surface area contributed by atoms with Gasteiger partial charge in [0.15, 0.2) is 0 Å². The summed E-state index contributed by atoms with van der Waals surface area (Å²) in [5.74, 6) is 0. The molecule has 0 aliphatic carbocycles. The minimum Gasteiger partial charge on any atom is -0.388 e. The molecule has 1 N–H and O–H groups in total. The van der Waals surface area contributed by atoms with Crippen molar-refractivity contribution in [2.45, 2.75) is 26.0 Å². The lowest BCUT2D eigenvalue weighted by atomic mass is 10.0. The molecule has 0 bridgehead atoms. The summed E-state index contributed by atoms with van der Waals surface area (Å²) in [6, 6.07) is 5.46. The maximum atomic E-state index is 10.2. The fourth-order valence-corrected chi connectivity index (χ4v) is 2.26. The number of aliphatic hydroxyl groups excluding tert-OH is 1. The van der Waals surface area contributed by atoms with Gasteiger partial charge in [-0.1, -0.05) is 17.7 Å². The average Bonchev–Trinajstić information content (AvgIpc) is 2.80. The zero-order valence-corrected chi connectivity index (χ0v) is 12.3. The molecule has 1 heterocycles. The van der Waals surface area contributed by atoms with Crippen LogP contribution in [0.2, 0.25) is 5.02 Å². The molecule has 1 aromatic carbocycles. The number of rotatable bonds is 4. The van der Waals surface area contributed by atoms with Crippen molar-refractivity contribution in [2.75, 3.05) is 0 Å². The Kier molecular flexibility index (Phi) is 4.43. The number of aliphatic hydroxyl groups is 1. The van der Waals surface area contributed by atoms with E-state index in [1.165, 1.54) is 0 Å². The summed E-state index contributed by atoms with van der Waals surface area (Å²) in [4.78, 5) is 0. The molecule has 3 nitrogen and oxygen atoms in total. The highest BCUT2D eigenvalue weighted by molar-refractivity contribution is 9.10. The number of nitrogens with zero attached hydrogens (tertiary/aromatic N) is 2. The van der Waals surface area contributed by atoms with Crippen molar-refractivity contribution < 1.29 is 5.11 Å². The third-order valence-electron chi connectivity index (χ3n) is 2.77. The molecule has 0 saturated heterocycles. The van der Waals surface area contributed by atoms with Gasteiger partial charge in [0, 0.05) is 23.6 Å². The molecule has 0 aliphatic rings. The molecule has 1 aromatic heterocycles. The first-order valence-corrected chi connectivity index (χ1v) is 6.91. The molecule has 2 aromatic rings. The van der Waals surface area contributed by atoms with Gasteiger partial charge in [0.25, 0.3) is 0 Å². The molecule has 1 atom stereocenters. The molecule has 1 unspecified atom stereocenters. The zero-order chi connectivity index (χ0) is 13.1. The van der Waals surface area contributed by atoms with Gasteiger partial charge < -0.3 is 5.11 Å². The molecule has 0 radical (unpaired) electrons. The van der Waals surface area contributed by atoms with Crippen molar-refractivity contribution in [3.63, 3.8) is 0 Å². The molecule has 5 heteroatoms. The first-order chi connectivity index (χ1) is 8.60. The van der Waals surface area contributed by atoms with Crippen LogP contribution in [0.3, 0.4) is 0 Å². The maximum Gasteiger partial charge on any atom is 0.0831 e. The summed E-state index contributed by atoms with van der Waals surface area (Å²) < 4.78 is 2.64. The van der Waals surface area contributed by atoms with Crippen LogP contribution < -0.4 is 0 Å². The fourth-order valence-electron chi connectivity index (χ4n) is 1.75. The van der Waals surface area contributed by atoms with Gasteiger partial charge in [0.05, 0.1) is 17.3 Å². The highest BCUT2D eigenvalue weighted by Gasteiger charge is 2.11. The Morgan fingerprint density at radius 3 is 2.89 bits per heavy atom. The quantitative estimate of drug-likeness (QED) is 0.931. The van der Waals surface area contributed by atoms with Crippen molar-refractivity contribution in [1.29, 1.82) is 0 Å². The highest BCUT2D eigenvalue weighted by atomic mass is 79.9. The largest absolute Gasteiger partial charge is 0.388 e. The lowest BCUT2D eigenvalue weighted by Gasteiger charge is -2.10. The van der Waals surface area contributed by atoms with Gasteiger partial charge in [-0.25, -0.2) is 0 Å². The molecule has 0 amide bonds. The fraction of sp³-hybridized carbons (Fsp3) is 0.308. The summed E-state index contributed by atoms with van der Waals surface area (Å²) in [5.41, 5.74) is 1.87. The number of aryl methyl sites for hydroxylation is 1. The Morgan fingerprint density at radius 1 is 1.50 bits per heavy atom. The third kappa shape index (κ3) is 3.13. The van der Waals surface area contributed by atoms with Crippen molar-refractivity contribution in [1.82, 2.24) is 9.78 Å². The zero-order valence-electron chi connectivity index (χ0n) is 9.98. The van der Waals surface area contributed by atoms with Gasteiger partial charge in [-0.15, -0.1) is 0 Å². The lowest BCUT2D eigenvalue weighted by molar-refractivity contribution is 0.178. The van der Waals surface area contributed by atoms with E-state index in [0.29, 0.717) is 11.4 Å². The summed E-state index contributed by atoms with van der Waals surface area (Å²) in [7, 11) is 0. The van der Waals surface area contributed by atoms with Gasteiger partial charge in [0.1, 0.15) is 0 Å². The molecular weight excluding hydrogens is 316 g/mol.